The third-order valence-electron chi connectivity index (χ3n) is 7.05. The van der Waals surface area contributed by atoms with Crippen LogP contribution >= 0.6 is 0 Å². The number of carbonyl (C=O) groups excluding carboxylic acids is 1. The van der Waals surface area contributed by atoms with E-state index in [1.165, 1.54) is 0 Å². The number of hydrogen-bond donors (Lipinski definition) is 1. The Balaban J connectivity index is 1.37. The lowest BCUT2D eigenvalue weighted by molar-refractivity contribution is 0.00166. The SMILES string of the molecule is COc1ccc(-c2nn(Cc3ccccc3)cc2C(=O)NCC(C2CCOC2)N2CCOCC2)cc1. The molecule has 0 saturated carbocycles. The minimum atomic E-state index is -0.114. The third kappa shape index (κ3) is 5.78. The number of hydrogen-bond acceptors (Lipinski definition) is 6. The zero-order valence-corrected chi connectivity index (χ0v) is 20.8. The summed E-state index contributed by atoms with van der Waals surface area (Å²) in [5.41, 5.74) is 3.24. The van der Waals surface area contributed by atoms with Gasteiger partial charge in [0, 0.05) is 50.0 Å². The maximum Gasteiger partial charge on any atom is 0.255 e. The molecule has 2 aromatic carbocycles. The van der Waals surface area contributed by atoms with Gasteiger partial charge in [0.05, 0.1) is 39.0 Å². The molecular weight excluding hydrogens is 456 g/mol. The second-order valence-corrected chi connectivity index (χ2v) is 9.35. The number of nitrogens with zero attached hydrogens (tertiary/aromatic N) is 3. The Morgan fingerprint density at radius 1 is 1.08 bits per heavy atom. The first-order valence-electron chi connectivity index (χ1n) is 12.6. The van der Waals surface area contributed by atoms with Crippen molar-refractivity contribution in [1.82, 2.24) is 20.0 Å². The molecule has 8 heteroatoms. The fourth-order valence-corrected chi connectivity index (χ4v) is 5.05. The third-order valence-corrected chi connectivity index (χ3v) is 7.05. The molecule has 2 atom stereocenters. The van der Waals surface area contributed by atoms with E-state index in [0.29, 0.717) is 30.3 Å². The molecule has 0 aliphatic carbocycles. The van der Waals surface area contributed by atoms with Crippen LogP contribution in [0.3, 0.4) is 0 Å². The Bertz CT molecular complexity index is 1120. The van der Waals surface area contributed by atoms with Gasteiger partial charge in [-0.3, -0.25) is 14.4 Å². The van der Waals surface area contributed by atoms with Gasteiger partial charge in [-0.15, -0.1) is 0 Å². The molecule has 2 saturated heterocycles. The van der Waals surface area contributed by atoms with E-state index < -0.39 is 0 Å². The number of amides is 1. The van der Waals surface area contributed by atoms with Crippen LogP contribution in [0.5, 0.6) is 5.75 Å². The van der Waals surface area contributed by atoms with Gasteiger partial charge in [-0.1, -0.05) is 30.3 Å². The van der Waals surface area contributed by atoms with E-state index in [1.807, 2.05) is 53.3 Å². The van der Waals surface area contributed by atoms with Crippen molar-refractivity contribution < 1.29 is 19.0 Å². The molecule has 0 spiro atoms. The summed E-state index contributed by atoms with van der Waals surface area (Å²) in [5.74, 6) is 1.06. The number of rotatable bonds is 9. The van der Waals surface area contributed by atoms with Gasteiger partial charge in [0.1, 0.15) is 11.4 Å². The van der Waals surface area contributed by atoms with Crippen molar-refractivity contribution in [3.8, 4) is 17.0 Å². The molecular formula is C28H34N4O4. The number of nitrogens with one attached hydrogen (secondary N) is 1. The highest BCUT2D eigenvalue weighted by Crippen LogP contribution is 2.26. The molecule has 3 aromatic rings. The van der Waals surface area contributed by atoms with E-state index >= 15 is 0 Å². The van der Waals surface area contributed by atoms with Gasteiger partial charge in [-0.2, -0.15) is 5.10 Å². The molecule has 1 amide bonds. The monoisotopic (exact) mass is 490 g/mol. The van der Waals surface area contributed by atoms with Crippen LogP contribution in [0.1, 0.15) is 22.3 Å². The number of benzene rings is 2. The van der Waals surface area contributed by atoms with Gasteiger partial charge >= 0.3 is 0 Å². The highest BCUT2D eigenvalue weighted by atomic mass is 16.5. The summed E-state index contributed by atoms with van der Waals surface area (Å²) < 4.78 is 18.4. The molecule has 2 aliphatic rings. The summed E-state index contributed by atoms with van der Waals surface area (Å²) in [7, 11) is 1.64. The average molecular weight is 491 g/mol. The topological polar surface area (TPSA) is 77.9 Å². The molecule has 36 heavy (non-hydrogen) atoms. The van der Waals surface area contributed by atoms with Gasteiger partial charge in [0.25, 0.3) is 5.91 Å². The van der Waals surface area contributed by atoms with Gasteiger partial charge in [0.15, 0.2) is 0 Å². The maximum absolute atomic E-state index is 13.6. The first-order chi connectivity index (χ1) is 17.7. The maximum atomic E-state index is 13.6. The molecule has 0 bridgehead atoms. The number of carbonyl (C=O) groups is 1. The normalized spacial score (nSPS) is 19.2. The Morgan fingerprint density at radius 2 is 1.86 bits per heavy atom. The van der Waals surface area contributed by atoms with Crippen LogP contribution in [0.15, 0.2) is 60.8 Å². The Kier molecular flexibility index (Phi) is 7.95. The average Bonchev–Trinajstić information content (AvgIpc) is 3.61. The lowest BCUT2D eigenvalue weighted by atomic mass is 9.96. The number of morpholine rings is 1. The molecule has 2 fully saturated rings. The largest absolute Gasteiger partial charge is 0.497 e. The summed E-state index contributed by atoms with van der Waals surface area (Å²) in [5, 5.41) is 8.04. The molecule has 1 N–H and O–H groups in total. The summed E-state index contributed by atoms with van der Waals surface area (Å²) in [4.78, 5) is 16.0. The lowest BCUT2D eigenvalue weighted by Gasteiger charge is -2.37. The first-order valence-corrected chi connectivity index (χ1v) is 12.6. The smallest absolute Gasteiger partial charge is 0.255 e. The quantitative estimate of drug-likeness (QED) is 0.497. The minimum absolute atomic E-state index is 0.114. The fraction of sp³-hybridized carbons (Fsp3) is 0.429. The van der Waals surface area contributed by atoms with E-state index in [0.717, 1.165) is 62.8 Å². The van der Waals surface area contributed by atoms with Gasteiger partial charge < -0.3 is 19.5 Å². The molecule has 190 valence electrons. The molecule has 0 radical (unpaired) electrons. The predicted octanol–water partition coefficient (Wildman–Crippen LogP) is 3.07. The van der Waals surface area contributed by atoms with Crippen molar-refractivity contribution in [1.29, 1.82) is 0 Å². The van der Waals surface area contributed by atoms with Crippen molar-refractivity contribution in [2.45, 2.75) is 19.0 Å². The van der Waals surface area contributed by atoms with Crippen LogP contribution in [-0.4, -0.2) is 79.8 Å². The lowest BCUT2D eigenvalue weighted by Crippen LogP contribution is -2.52. The van der Waals surface area contributed by atoms with E-state index in [1.54, 1.807) is 7.11 Å². The molecule has 5 rings (SSSR count). The van der Waals surface area contributed by atoms with Crippen molar-refractivity contribution in [2.24, 2.45) is 5.92 Å². The summed E-state index contributed by atoms with van der Waals surface area (Å²) in [6.07, 6.45) is 2.87. The van der Waals surface area contributed by atoms with Crippen LogP contribution < -0.4 is 10.1 Å². The van der Waals surface area contributed by atoms with Gasteiger partial charge in [-0.25, -0.2) is 0 Å². The van der Waals surface area contributed by atoms with Crippen molar-refractivity contribution in [3.05, 3.63) is 71.9 Å². The Hall–Kier alpha value is -3.20. The molecule has 2 aliphatic heterocycles. The van der Waals surface area contributed by atoms with Crippen LogP contribution in [0, 0.1) is 5.92 Å². The van der Waals surface area contributed by atoms with Crippen molar-refractivity contribution >= 4 is 5.91 Å². The minimum Gasteiger partial charge on any atom is -0.497 e. The highest BCUT2D eigenvalue weighted by Gasteiger charge is 2.32. The zero-order chi connectivity index (χ0) is 24.7. The van der Waals surface area contributed by atoms with Crippen LogP contribution in [-0.2, 0) is 16.0 Å². The molecule has 3 heterocycles. The molecule has 2 unspecified atom stereocenters. The fourth-order valence-electron chi connectivity index (χ4n) is 5.05. The number of aromatic nitrogens is 2. The predicted molar refractivity (Wildman–Crippen MR) is 137 cm³/mol. The Labute approximate surface area is 212 Å². The van der Waals surface area contributed by atoms with Gasteiger partial charge in [-0.05, 0) is 36.2 Å². The van der Waals surface area contributed by atoms with E-state index in [-0.39, 0.29) is 11.9 Å². The van der Waals surface area contributed by atoms with Crippen molar-refractivity contribution in [3.63, 3.8) is 0 Å². The van der Waals surface area contributed by atoms with E-state index in [9.17, 15) is 4.79 Å². The van der Waals surface area contributed by atoms with E-state index in [4.69, 9.17) is 19.3 Å². The number of methoxy groups -OCH3 is 1. The summed E-state index contributed by atoms with van der Waals surface area (Å²) >= 11 is 0. The highest BCUT2D eigenvalue weighted by molar-refractivity contribution is 5.99. The molecule has 8 nitrogen and oxygen atoms in total. The van der Waals surface area contributed by atoms with Crippen LogP contribution in [0.2, 0.25) is 0 Å². The Morgan fingerprint density at radius 3 is 2.56 bits per heavy atom. The van der Waals surface area contributed by atoms with Gasteiger partial charge in [0.2, 0.25) is 0 Å². The summed E-state index contributed by atoms with van der Waals surface area (Å²) in [6.45, 7) is 5.90. The molecule has 1 aromatic heterocycles. The summed E-state index contributed by atoms with van der Waals surface area (Å²) in [6, 6.07) is 18.0. The second-order valence-electron chi connectivity index (χ2n) is 9.35. The second kappa shape index (κ2) is 11.7. The van der Waals surface area contributed by atoms with E-state index in [2.05, 4.69) is 22.3 Å². The number of ether oxygens (including phenoxy) is 3. The van der Waals surface area contributed by atoms with Crippen LogP contribution in [0.25, 0.3) is 11.3 Å². The van der Waals surface area contributed by atoms with Crippen LogP contribution in [0.4, 0.5) is 0 Å². The van der Waals surface area contributed by atoms with Crippen molar-refractivity contribution in [2.75, 3.05) is 53.2 Å². The first kappa shape index (κ1) is 24.5. The standard InChI is InChI=1S/C28H34N4O4/c1-34-24-9-7-22(8-10-24)27-25(19-32(30-27)18-21-5-3-2-4-6-21)28(33)29-17-26(23-11-14-36-20-23)31-12-15-35-16-13-31/h2-10,19,23,26H,11-18,20H2,1H3,(H,29,33). The zero-order valence-electron chi connectivity index (χ0n) is 20.8.